The van der Waals surface area contributed by atoms with Crippen LogP contribution in [0, 0.1) is 0 Å². The number of phenolic OH excluding ortho intramolecular Hbond substituents is 1. The summed E-state index contributed by atoms with van der Waals surface area (Å²) >= 11 is 0. The Hall–Kier alpha value is -3.98. The molecule has 0 unspecified atom stereocenters. The molecule has 3 aromatic carbocycles. The number of aromatic amines is 1. The second-order valence-corrected chi connectivity index (χ2v) is 9.43. The van der Waals surface area contributed by atoms with Crippen molar-refractivity contribution in [3.05, 3.63) is 78.5 Å². The summed E-state index contributed by atoms with van der Waals surface area (Å²) in [5.74, 6) is -0.169. The summed E-state index contributed by atoms with van der Waals surface area (Å²) in [4.78, 5) is 15.6. The molecule has 1 heterocycles. The number of fused-ring (bicyclic) bond motifs is 1. The number of para-hydroxylation sites is 3. The first-order valence-electron chi connectivity index (χ1n) is 10.7. The Morgan fingerprint density at radius 2 is 1.79 bits per heavy atom. The molecule has 0 spiro atoms. The van der Waals surface area contributed by atoms with Crippen molar-refractivity contribution in [2.45, 2.75) is 24.2 Å². The van der Waals surface area contributed by atoms with E-state index in [1.165, 1.54) is 25.3 Å². The van der Waals surface area contributed by atoms with E-state index in [1.807, 2.05) is 30.5 Å². The van der Waals surface area contributed by atoms with Crippen molar-refractivity contribution in [1.29, 1.82) is 0 Å². The highest BCUT2D eigenvalue weighted by Gasteiger charge is 2.19. The Labute approximate surface area is 197 Å². The molecule has 0 radical (unpaired) electrons. The molecule has 4 aromatic rings. The van der Waals surface area contributed by atoms with Gasteiger partial charge < -0.3 is 20.1 Å². The lowest BCUT2D eigenvalue weighted by Crippen LogP contribution is -2.15. The number of methoxy groups -OCH3 is 1. The van der Waals surface area contributed by atoms with Gasteiger partial charge in [0.05, 0.1) is 23.4 Å². The molecule has 0 aliphatic rings. The molecule has 0 saturated carbocycles. The van der Waals surface area contributed by atoms with E-state index in [4.69, 9.17) is 4.74 Å². The van der Waals surface area contributed by atoms with E-state index in [0.29, 0.717) is 18.6 Å². The van der Waals surface area contributed by atoms with Crippen molar-refractivity contribution >= 4 is 38.2 Å². The summed E-state index contributed by atoms with van der Waals surface area (Å²) < 4.78 is 33.4. The predicted molar refractivity (Wildman–Crippen MR) is 132 cm³/mol. The van der Waals surface area contributed by atoms with E-state index in [0.717, 1.165) is 16.5 Å². The van der Waals surface area contributed by atoms with Gasteiger partial charge in [0.1, 0.15) is 11.5 Å². The molecule has 34 heavy (non-hydrogen) atoms. The fourth-order valence-electron chi connectivity index (χ4n) is 3.71. The van der Waals surface area contributed by atoms with E-state index in [2.05, 4.69) is 15.0 Å². The third kappa shape index (κ3) is 5.15. The van der Waals surface area contributed by atoms with E-state index < -0.39 is 10.0 Å². The Bertz CT molecular complexity index is 1430. The molecule has 0 aliphatic carbocycles. The number of sulfonamides is 1. The number of aromatic hydroxyl groups is 1. The zero-order chi connectivity index (χ0) is 24.1. The van der Waals surface area contributed by atoms with Crippen LogP contribution in [0.25, 0.3) is 10.9 Å². The Morgan fingerprint density at radius 1 is 1.03 bits per heavy atom. The summed E-state index contributed by atoms with van der Waals surface area (Å²) in [6.07, 6.45) is 3.47. The number of aromatic nitrogens is 1. The van der Waals surface area contributed by atoms with Gasteiger partial charge in [-0.1, -0.05) is 30.3 Å². The molecule has 9 heteroatoms. The van der Waals surface area contributed by atoms with Crippen LogP contribution in [0.1, 0.15) is 18.4 Å². The number of rotatable bonds is 9. The maximum Gasteiger partial charge on any atom is 0.262 e. The number of benzene rings is 3. The molecular weight excluding hydrogens is 454 g/mol. The van der Waals surface area contributed by atoms with Gasteiger partial charge in [0.2, 0.25) is 5.91 Å². The SMILES string of the molecule is COc1ccccc1NS(=O)(=O)c1ccc(O)c(NC(=O)CCCc2c[nH]c3ccccc23)c1. The van der Waals surface area contributed by atoms with Crippen LogP contribution in [0.5, 0.6) is 11.5 Å². The van der Waals surface area contributed by atoms with Gasteiger partial charge in [0.15, 0.2) is 0 Å². The van der Waals surface area contributed by atoms with Crippen LogP contribution in [-0.4, -0.2) is 31.5 Å². The van der Waals surface area contributed by atoms with Crippen LogP contribution >= 0.6 is 0 Å². The smallest absolute Gasteiger partial charge is 0.262 e. The number of anilines is 2. The summed E-state index contributed by atoms with van der Waals surface area (Å²) in [7, 11) is -2.54. The Morgan fingerprint density at radius 3 is 2.62 bits per heavy atom. The number of nitrogens with one attached hydrogen (secondary N) is 3. The number of hydrogen-bond donors (Lipinski definition) is 4. The average molecular weight is 480 g/mol. The summed E-state index contributed by atoms with van der Waals surface area (Å²) in [5, 5.41) is 13.9. The monoisotopic (exact) mass is 479 g/mol. The highest BCUT2D eigenvalue weighted by Crippen LogP contribution is 2.30. The average Bonchev–Trinajstić information content (AvgIpc) is 3.23. The van der Waals surface area contributed by atoms with Gasteiger partial charge in [-0.2, -0.15) is 0 Å². The fraction of sp³-hybridized carbons (Fsp3) is 0.160. The minimum absolute atomic E-state index is 0.0278. The van der Waals surface area contributed by atoms with Crippen LogP contribution < -0.4 is 14.8 Å². The quantitative estimate of drug-likeness (QED) is 0.261. The minimum Gasteiger partial charge on any atom is -0.506 e. The molecular formula is C25H25N3O5S. The van der Waals surface area contributed by atoms with Gasteiger partial charge in [0.25, 0.3) is 10.0 Å². The number of aryl methyl sites for hydroxylation is 1. The van der Waals surface area contributed by atoms with Crippen LogP contribution in [0.3, 0.4) is 0 Å². The van der Waals surface area contributed by atoms with Gasteiger partial charge in [-0.25, -0.2) is 8.42 Å². The first kappa shape index (κ1) is 23.2. The van der Waals surface area contributed by atoms with Crippen molar-refractivity contribution < 1.29 is 23.1 Å². The summed E-state index contributed by atoms with van der Waals surface area (Å²) in [6, 6.07) is 18.3. The van der Waals surface area contributed by atoms with Gasteiger partial charge in [-0.15, -0.1) is 0 Å². The van der Waals surface area contributed by atoms with Crippen LogP contribution in [0.2, 0.25) is 0 Å². The van der Waals surface area contributed by atoms with Gasteiger partial charge in [-0.3, -0.25) is 9.52 Å². The van der Waals surface area contributed by atoms with Crippen LogP contribution in [0.15, 0.2) is 77.8 Å². The lowest BCUT2D eigenvalue weighted by molar-refractivity contribution is -0.116. The number of hydrogen-bond acceptors (Lipinski definition) is 5. The molecule has 8 nitrogen and oxygen atoms in total. The first-order chi connectivity index (χ1) is 16.4. The summed E-state index contributed by atoms with van der Waals surface area (Å²) in [5.41, 5.74) is 2.48. The largest absolute Gasteiger partial charge is 0.506 e. The van der Waals surface area contributed by atoms with Crippen LogP contribution in [0.4, 0.5) is 11.4 Å². The number of carbonyl (C=O) groups is 1. The van der Waals surface area contributed by atoms with Gasteiger partial charge in [-0.05, 0) is 54.8 Å². The zero-order valence-electron chi connectivity index (χ0n) is 18.5. The molecule has 0 bridgehead atoms. The maximum atomic E-state index is 12.9. The molecule has 0 saturated heterocycles. The number of ether oxygens (including phenoxy) is 1. The van der Waals surface area contributed by atoms with Crippen molar-refractivity contribution in [2.24, 2.45) is 0 Å². The highest BCUT2D eigenvalue weighted by molar-refractivity contribution is 7.92. The standard InChI is InChI=1S/C25H25N3O5S/c1-33-24-11-5-4-10-21(24)28-34(31,32)18-13-14-23(29)22(15-18)27-25(30)12-6-7-17-16-26-20-9-3-2-8-19(17)20/h2-5,8-11,13-16,26,28-29H,6-7,12H2,1H3,(H,27,30). The molecule has 176 valence electrons. The van der Waals surface area contributed by atoms with E-state index in [-0.39, 0.29) is 34.3 Å². The minimum atomic E-state index is -3.98. The van der Waals surface area contributed by atoms with Crippen LogP contribution in [-0.2, 0) is 21.2 Å². The second-order valence-electron chi connectivity index (χ2n) is 7.75. The van der Waals surface area contributed by atoms with E-state index in [9.17, 15) is 18.3 Å². The van der Waals surface area contributed by atoms with Crippen molar-refractivity contribution in [3.8, 4) is 11.5 Å². The molecule has 4 rings (SSSR count). The molecule has 0 aliphatic heterocycles. The lowest BCUT2D eigenvalue weighted by atomic mass is 10.1. The lowest BCUT2D eigenvalue weighted by Gasteiger charge is -2.13. The molecule has 0 fully saturated rings. The number of H-pyrrole nitrogens is 1. The second kappa shape index (κ2) is 9.88. The predicted octanol–water partition coefficient (Wildman–Crippen LogP) is 4.64. The number of carbonyl (C=O) groups excluding carboxylic acids is 1. The highest BCUT2D eigenvalue weighted by atomic mass is 32.2. The molecule has 4 N–H and O–H groups in total. The fourth-order valence-corrected chi connectivity index (χ4v) is 4.80. The third-order valence-corrected chi connectivity index (χ3v) is 6.79. The zero-order valence-corrected chi connectivity index (χ0v) is 19.4. The summed E-state index contributed by atoms with van der Waals surface area (Å²) in [6.45, 7) is 0. The van der Waals surface area contributed by atoms with Crippen molar-refractivity contribution in [2.75, 3.05) is 17.1 Å². The number of phenols is 1. The van der Waals surface area contributed by atoms with Gasteiger partial charge >= 0.3 is 0 Å². The van der Waals surface area contributed by atoms with Gasteiger partial charge in [0, 0.05) is 23.5 Å². The number of amides is 1. The molecule has 1 aromatic heterocycles. The topological polar surface area (TPSA) is 121 Å². The van der Waals surface area contributed by atoms with Crippen molar-refractivity contribution in [3.63, 3.8) is 0 Å². The Kier molecular flexibility index (Phi) is 6.74. The molecule has 0 atom stereocenters. The van der Waals surface area contributed by atoms with E-state index in [1.54, 1.807) is 24.3 Å². The first-order valence-corrected chi connectivity index (χ1v) is 12.2. The van der Waals surface area contributed by atoms with E-state index >= 15 is 0 Å². The maximum absolute atomic E-state index is 12.9. The molecule has 1 amide bonds. The normalized spacial score (nSPS) is 11.3. The third-order valence-electron chi connectivity index (χ3n) is 5.43. The van der Waals surface area contributed by atoms with Crippen molar-refractivity contribution in [1.82, 2.24) is 4.98 Å². The Balaban J connectivity index is 1.41.